The van der Waals surface area contributed by atoms with Gasteiger partial charge in [0, 0.05) is 0 Å². The third-order valence-electron chi connectivity index (χ3n) is 4.42. The van der Waals surface area contributed by atoms with Crippen molar-refractivity contribution in [2.45, 2.75) is 52.4 Å². The molecule has 0 heterocycles. The van der Waals surface area contributed by atoms with E-state index in [-0.39, 0.29) is 6.42 Å². The molecule has 1 atom stereocenters. The Morgan fingerprint density at radius 3 is 2.74 bits per heavy atom. The Labute approximate surface area is 139 Å². The van der Waals surface area contributed by atoms with E-state index in [1.54, 1.807) is 0 Å². The second-order valence-corrected chi connectivity index (χ2v) is 6.50. The minimum Gasteiger partial charge on any atom is -0.481 e. The predicted molar refractivity (Wildman–Crippen MR) is 96.5 cm³/mol. The highest BCUT2D eigenvalue weighted by molar-refractivity contribution is 5.72. The smallest absolute Gasteiger partial charge is 0.307 e. The second kappa shape index (κ2) is 7.96. The monoisotopic (exact) mass is 310 g/mol. The van der Waals surface area contributed by atoms with Gasteiger partial charge in [-0.05, 0) is 55.7 Å². The molecule has 0 saturated carbocycles. The highest BCUT2D eigenvalue weighted by atomic mass is 16.4. The summed E-state index contributed by atoms with van der Waals surface area (Å²) in [6.07, 6.45) is 9.67. The molecule has 0 aromatic heterocycles. The summed E-state index contributed by atoms with van der Waals surface area (Å²) in [5.74, 6) is -0.135. The third-order valence-corrected chi connectivity index (χ3v) is 4.42. The number of hydrogen-bond acceptors (Lipinski definition) is 1. The highest BCUT2D eigenvalue weighted by Gasteiger charge is 2.18. The van der Waals surface area contributed by atoms with E-state index in [0.29, 0.717) is 5.92 Å². The summed E-state index contributed by atoms with van der Waals surface area (Å²) in [7, 11) is 0. The maximum Gasteiger partial charge on any atom is 0.307 e. The van der Waals surface area contributed by atoms with Crippen molar-refractivity contribution in [2.24, 2.45) is 0 Å². The van der Waals surface area contributed by atoms with Crippen molar-refractivity contribution in [1.82, 2.24) is 0 Å². The maximum absolute atomic E-state index is 10.6. The van der Waals surface area contributed by atoms with Crippen molar-refractivity contribution < 1.29 is 9.90 Å². The second-order valence-electron chi connectivity index (χ2n) is 6.50. The first kappa shape index (κ1) is 17.3. The van der Waals surface area contributed by atoms with Gasteiger partial charge in [0.2, 0.25) is 0 Å². The normalized spacial score (nSPS) is 20.5. The average molecular weight is 310 g/mol. The van der Waals surface area contributed by atoms with Gasteiger partial charge in [-0.3, -0.25) is 4.79 Å². The fourth-order valence-corrected chi connectivity index (χ4v) is 3.12. The number of hydrogen-bond donors (Lipinski definition) is 1. The van der Waals surface area contributed by atoms with Crippen molar-refractivity contribution in [3.63, 3.8) is 0 Å². The zero-order valence-corrected chi connectivity index (χ0v) is 14.3. The maximum atomic E-state index is 10.6. The molecule has 23 heavy (non-hydrogen) atoms. The summed E-state index contributed by atoms with van der Waals surface area (Å²) in [6.45, 7) is 6.29. The van der Waals surface area contributed by atoms with Crippen LogP contribution in [-0.4, -0.2) is 11.1 Å². The zero-order valence-electron chi connectivity index (χ0n) is 14.3. The van der Waals surface area contributed by atoms with Crippen LogP contribution >= 0.6 is 0 Å². The third kappa shape index (κ3) is 4.95. The van der Waals surface area contributed by atoms with E-state index in [4.69, 9.17) is 5.11 Å². The van der Waals surface area contributed by atoms with Gasteiger partial charge in [0.25, 0.3) is 0 Å². The minimum atomic E-state index is -0.769. The highest BCUT2D eigenvalue weighted by Crippen LogP contribution is 2.38. The first-order chi connectivity index (χ1) is 11.0. The molecule has 1 aliphatic carbocycles. The van der Waals surface area contributed by atoms with E-state index in [0.717, 1.165) is 18.4 Å². The van der Waals surface area contributed by atoms with E-state index in [2.05, 4.69) is 50.3 Å². The number of carboxylic acids is 1. The Balaban J connectivity index is 2.11. The van der Waals surface area contributed by atoms with Gasteiger partial charge in [-0.25, -0.2) is 0 Å². The summed E-state index contributed by atoms with van der Waals surface area (Å²) in [5, 5.41) is 8.76. The molecule has 1 aliphatic rings. The molecule has 0 spiro atoms. The first-order valence-corrected chi connectivity index (χ1v) is 8.31. The van der Waals surface area contributed by atoms with Crippen molar-refractivity contribution in [2.75, 3.05) is 0 Å². The summed E-state index contributed by atoms with van der Waals surface area (Å²) >= 11 is 0. The van der Waals surface area contributed by atoms with Crippen LogP contribution in [0.5, 0.6) is 0 Å². The van der Waals surface area contributed by atoms with Gasteiger partial charge in [-0.2, -0.15) is 0 Å². The van der Waals surface area contributed by atoms with Crippen LogP contribution in [-0.2, 0) is 4.79 Å². The number of carboxylic acid groups (broad SMARTS) is 1. The van der Waals surface area contributed by atoms with Crippen LogP contribution in [0.1, 0.15) is 63.5 Å². The summed E-state index contributed by atoms with van der Waals surface area (Å²) in [5.41, 5.74) is 6.40. The van der Waals surface area contributed by atoms with Crippen LogP contribution in [0.2, 0.25) is 0 Å². The molecular formula is C21H26O2. The van der Waals surface area contributed by atoms with Crippen LogP contribution < -0.4 is 0 Å². The largest absolute Gasteiger partial charge is 0.481 e. The number of benzene rings is 1. The van der Waals surface area contributed by atoms with E-state index in [1.165, 1.54) is 28.7 Å². The minimum absolute atomic E-state index is 0.124. The predicted octanol–water partition coefficient (Wildman–Crippen LogP) is 5.72. The molecule has 1 N–H and O–H groups in total. The number of carbonyl (C=O) groups is 1. The number of rotatable bonds is 5. The van der Waals surface area contributed by atoms with Gasteiger partial charge >= 0.3 is 5.97 Å². The van der Waals surface area contributed by atoms with Crippen LogP contribution in [0.3, 0.4) is 0 Å². The fraction of sp³-hybridized carbons (Fsp3) is 0.381. The van der Waals surface area contributed by atoms with Gasteiger partial charge in [-0.1, -0.05) is 60.6 Å². The molecule has 2 heteroatoms. The van der Waals surface area contributed by atoms with E-state index in [1.807, 2.05) is 13.0 Å². The lowest BCUT2D eigenvalue weighted by Gasteiger charge is -2.24. The van der Waals surface area contributed by atoms with Crippen LogP contribution in [0.15, 0.2) is 53.6 Å². The number of aliphatic carboxylic acids is 1. The van der Waals surface area contributed by atoms with Crippen molar-refractivity contribution in [3.05, 3.63) is 64.8 Å². The van der Waals surface area contributed by atoms with Gasteiger partial charge < -0.3 is 5.11 Å². The van der Waals surface area contributed by atoms with Crippen LogP contribution in [0, 0.1) is 0 Å². The van der Waals surface area contributed by atoms with Crippen LogP contribution in [0.4, 0.5) is 0 Å². The molecule has 0 radical (unpaired) electrons. The van der Waals surface area contributed by atoms with E-state index < -0.39 is 5.97 Å². The molecule has 0 fully saturated rings. The molecule has 1 unspecified atom stereocenters. The summed E-state index contributed by atoms with van der Waals surface area (Å²) < 4.78 is 0. The van der Waals surface area contributed by atoms with Gasteiger partial charge in [-0.15, -0.1) is 0 Å². The van der Waals surface area contributed by atoms with Gasteiger partial charge in [0.05, 0.1) is 6.42 Å². The van der Waals surface area contributed by atoms with Crippen molar-refractivity contribution in [1.29, 1.82) is 0 Å². The molecule has 0 bridgehead atoms. The Morgan fingerprint density at radius 1 is 1.26 bits per heavy atom. The lowest BCUT2D eigenvalue weighted by molar-refractivity contribution is -0.136. The molecule has 2 nitrogen and oxygen atoms in total. The fourth-order valence-electron chi connectivity index (χ4n) is 3.12. The van der Waals surface area contributed by atoms with Crippen molar-refractivity contribution >= 4 is 11.5 Å². The standard InChI is InChI=1S/C21H26O2/c1-15(7-6-8-16(2)14-21(22)23)13-18-12-11-17(3)19-9-4-5-10-20(18)19/h4-5,7-10,13,17H,6,11-12,14H2,1-3H3,(H,22,23)/b15-7-,16-8+,18-13+. The molecule has 2 rings (SSSR count). The molecular weight excluding hydrogens is 284 g/mol. The van der Waals surface area contributed by atoms with E-state index >= 15 is 0 Å². The Hall–Kier alpha value is -2.09. The quantitative estimate of drug-likeness (QED) is 0.706. The lowest BCUT2D eigenvalue weighted by Crippen LogP contribution is -2.06. The molecule has 0 amide bonds. The zero-order chi connectivity index (χ0) is 16.8. The van der Waals surface area contributed by atoms with Crippen LogP contribution in [0.25, 0.3) is 5.57 Å². The Kier molecular flexibility index (Phi) is 5.97. The average Bonchev–Trinajstić information content (AvgIpc) is 2.49. The van der Waals surface area contributed by atoms with Crippen molar-refractivity contribution in [3.8, 4) is 0 Å². The Morgan fingerprint density at radius 2 is 2.00 bits per heavy atom. The topological polar surface area (TPSA) is 37.3 Å². The number of allylic oxidation sites excluding steroid dienone is 5. The van der Waals surface area contributed by atoms with Gasteiger partial charge in [0.15, 0.2) is 0 Å². The summed E-state index contributed by atoms with van der Waals surface area (Å²) in [4.78, 5) is 10.6. The molecule has 0 aliphatic heterocycles. The lowest BCUT2D eigenvalue weighted by atomic mass is 9.80. The molecule has 1 aromatic carbocycles. The van der Waals surface area contributed by atoms with E-state index in [9.17, 15) is 4.79 Å². The van der Waals surface area contributed by atoms with Gasteiger partial charge in [0.1, 0.15) is 0 Å². The molecule has 122 valence electrons. The SMILES string of the molecule is CC(=C/C/C=C(\C)CC(=O)O)/C=C1\CCC(C)c2ccccc21. The molecule has 1 aromatic rings. The first-order valence-electron chi connectivity index (χ1n) is 8.31. The number of fused-ring (bicyclic) bond motifs is 1. The molecule has 0 saturated heterocycles. The Bertz CT molecular complexity index is 662. The summed E-state index contributed by atoms with van der Waals surface area (Å²) in [6, 6.07) is 8.70.